The van der Waals surface area contributed by atoms with Crippen molar-refractivity contribution in [3.05, 3.63) is 66.4 Å². The van der Waals surface area contributed by atoms with Gasteiger partial charge in [0.05, 0.1) is 11.2 Å². The molecule has 0 spiro atoms. The maximum atomic E-state index is 12.2. The number of benzene rings is 1. The van der Waals surface area contributed by atoms with Crippen molar-refractivity contribution in [2.75, 3.05) is 13.1 Å². The third-order valence-corrected chi connectivity index (χ3v) is 4.45. The number of para-hydroxylation sites is 1. The highest BCUT2D eigenvalue weighted by Gasteiger charge is 2.28. The zero-order chi connectivity index (χ0) is 20.2. The Kier molecular flexibility index (Phi) is 5.07. The number of nitrogens with one attached hydrogen (secondary N) is 2. The van der Waals surface area contributed by atoms with Crippen molar-refractivity contribution >= 4 is 40.2 Å². The van der Waals surface area contributed by atoms with E-state index in [0.29, 0.717) is 11.4 Å². The lowest BCUT2D eigenvalue weighted by molar-refractivity contribution is -0.119. The van der Waals surface area contributed by atoms with Gasteiger partial charge in [-0.2, -0.15) is 4.99 Å². The Morgan fingerprint density at radius 3 is 2.59 bits per heavy atom. The molecule has 4 rings (SSSR count). The quantitative estimate of drug-likeness (QED) is 0.751. The van der Waals surface area contributed by atoms with Crippen molar-refractivity contribution < 1.29 is 14.4 Å². The first-order valence-corrected chi connectivity index (χ1v) is 9.10. The van der Waals surface area contributed by atoms with E-state index < -0.39 is 17.7 Å². The molecule has 0 bridgehead atoms. The van der Waals surface area contributed by atoms with Crippen LogP contribution in [0.5, 0.6) is 0 Å². The number of amides is 3. The number of aliphatic imine (C=N–C) groups is 2. The summed E-state index contributed by atoms with van der Waals surface area (Å²) in [6.45, 7) is 0.359. The van der Waals surface area contributed by atoms with Gasteiger partial charge in [0, 0.05) is 18.5 Å². The van der Waals surface area contributed by atoms with Gasteiger partial charge in [-0.1, -0.05) is 42.5 Å². The van der Waals surface area contributed by atoms with Crippen molar-refractivity contribution in [2.45, 2.75) is 0 Å². The Labute approximate surface area is 166 Å². The van der Waals surface area contributed by atoms with Gasteiger partial charge >= 0.3 is 0 Å². The standard InChI is InChI=1S/C21H17N5O3/c27-19-14-6-2-4-8-16(14)25-18(26-19)21(29)23-12-11-22-20(28)17-10-9-13-5-1-3-7-15(13)24-17/h1-10,14H,11-12H2,(H,22,28)(H,23,29). The van der Waals surface area contributed by atoms with Crippen LogP contribution >= 0.6 is 0 Å². The van der Waals surface area contributed by atoms with E-state index in [2.05, 4.69) is 25.6 Å². The van der Waals surface area contributed by atoms with Crippen LogP contribution in [0.2, 0.25) is 0 Å². The van der Waals surface area contributed by atoms with Gasteiger partial charge in [-0.05, 0) is 18.2 Å². The Hall–Kier alpha value is -3.94. The third kappa shape index (κ3) is 4.01. The molecule has 1 aromatic carbocycles. The van der Waals surface area contributed by atoms with E-state index in [9.17, 15) is 14.4 Å². The first-order chi connectivity index (χ1) is 14.1. The van der Waals surface area contributed by atoms with Crippen LogP contribution in [0.1, 0.15) is 10.5 Å². The normalized spacial score (nSPS) is 17.4. The molecule has 2 heterocycles. The van der Waals surface area contributed by atoms with E-state index in [4.69, 9.17) is 0 Å². The minimum Gasteiger partial charge on any atom is -0.349 e. The average molecular weight is 387 g/mol. The summed E-state index contributed by atoms with van der Waals surface area (Å²) in [5.41, 5.74) is 1.53. The Morgan fingerprint density at radius 2 is 1.72 bits per heavy atom. The number of allylic oxidation sites excluding steroid dienone is 3. The maximum Gasteiger partial charge on any atom is 0.289 e. The number of hydrogen-bond donors (Lipinski definition) is 2. The molecule has 0 saturated heterocycles. The topological polar surface area (TPSA) is 113 Å². The molecule has 1 aliphatic carbocycles. The zero-order valence-corrected chi connectivity index (χ0v) is 15.3. The lowest BCUT2D eigenvalue weighted by Crippen LogP contribution is -2.40. The van der Waals surface area contributed by atoms with Crippen molar-refractivity contribution in [2.24, 2.45) is 15.9 Å². The van der Waals surface area contributed by atoms with Crippen LogP contribution < -0.4 is 10.6 Å². The second-order valence-corrected chi connectivity index (χ2v) is 6.43. The number of amidine groups is 1. The summed E-state index contributed by atoms with van der Waals surface area (Å²) >= 11 is 0. The zero-order valence-electron chi connectivity index (χ0n) is 15.3. The van der Waals surface area contributed by atoms with E-state index in [0.717, 1.165) is 10.9 Å². The smallest absolute Gasteiger partial charge is 0.289 e. The molecule has 0 radical (unpaired) electrons. The van der Waals surface area contributed by atoms with Gasteiger partial charge in [-0.15, -0.1) is 0 Å². The molecule has 2 aliphatic rings. The van der Waals surface area contributed by atoms with E-state index in [-0.39, 0.29) is 24.8 Å². The van der Waals surface area contributed by atoms with Gasteiger partial charge in [0.25, 0.3) is 17.7 Å². The van der Waals surface area contributed by atoms with Gasteiger partial charge in [-0.25, -0.2) is 9.98 Å². The van der Waals surface area contributed by atoms with Crippen LogP contribution in [0.4, 0.5) is 0 Å². The molecule has 2 aromatic rings. The summed E-state index contributed by atoms with van der Waals surface area (Å²) in [5.74, 6) is -2.02. The maximum absolute atomic E-state index is 12.2. The Balaban J connectivity index is 1.30. The number of carbonyl (C=O) groups excluding carboxylic acids is 3. The number of rotatable bonds is 5. The van der Waals surface area contributed by atoms with Gasteiger partial charge in [0.1, 0.15) is 11.6 Å². The predicted octanol–water partition coefficient (Wildman–Crippen LogP) is 1.20. The summed E-state index contributed by atoms with van der Waals surface area (Å²) in [5, 5.41) is 6.25. The molecule has 2 N–H and O–H groups in total. The highest BCUT2D eigenvalue weighted by atomic mass is 16.2. The van der Waals surface area contributed by atoms with Crippen molar-refractivity contribution in [3.63, 3.8) is 0 Å². The molecule has 1 unspecified atom stereocenters. The summed E-state index contributed by atoms with van der Waals surface area (Å²) in [4.78, 5) is 48.7. The van der Waals surface area contributed by atoms with Crippen LogP contribution in [0.15, 0.2) is 70.7 Å². The van der Waals surface area contributed by atoms with Crippen molar-refractivity contribution in [3.8, 4) is 0 Å². The minimum atomic E-state index is -0.565. The molecular formula is C21H17N5O3. The van der Waals surface area contributed by atoms with Crippen molar-refractivity contribution in [1.29, 1.82) is 0 Å². The lowest BCUT2D eigenvalue weighted by atomic mass is 9.96. The number of fused-ring (bicyclic) bond motifs is 2. The fourth-order valence-electron chi connectivity index (χ4n) is 2.98. The molecule has 8 heteroatoms. The first-order valence-electron chi connectivity index (χ1n) is 9.10. The summed E-state index contributed by atoms with van der Waals surface area (Å²) in [7, 11) is 0. The summed E-state index contributed by atoms with van der Waals surface area (Å²) < 4.78 is 0. The van der Waals surface area contributed by atoms with Crippen molar-refractivity contribution in [1.82, 2.24) is 15.6 Å². The van der Waals surface area contributed by atoms with Gasteiger partial charge in [0.2, 0.25) is 5.84 Å². The lowest BCUT2D eigenvalue weighted by Gasteiger charge is -2.17. The van der Waals surface area contributed by atoms with E-state index in [1.54, 1.807) is 30.4 Å². The van der Waals surface area contributed by atoms with Gasteiger partial charge < -0.3 is 10.6 Å². The number of hydrogen-bond acceptors (Lipinski definition) is 5. The number of carbonyl (C=O) groups is 3. The highest BCUT2D eigenvalue weighted by molar-refractivity contribution is 6.44. The van der Waals surface area contributed by atoms with Crippen LogP contribution in [0.25, 0.3) is 10.9 Å². The molecule has 1 atom stereocenters. The van der Waals surface area contributed by atoms with Gasteiger partial charge in [0.15, 0.2) is 0 Å². The second kappa shape index (κ2) is 7.97. The van der Waals surface area contributed by atoms with E-state index in [1.165, 1.54) is 0 Å². The molecule has 3 amide bonds. The average Bonchev–Trinajstić information content (AvgIpc) is 2.76. The largest absolute Gasteiger partial charge is 0.349 e. The summed E-state index contributed by atoms with van der Waals surface area (Å²) in [6, 6.07) is 11.0. The summed E-state index contributed by atoms with van der Waals surface area (Å²) in [6.07, 6.45) is 6.87. The molecule has 29 heavy (non-hydrogen) atoms. The number of nitrogens with zero attached hydrogens (tertiary/aromatic N) is 3. The molecule has 1 aliphatic heterocycles. The SMILES string of the molecule is O=C(NCCNC(=O)c1ccc2ccccc2n1)C1=NC(=O)C2C=CC=CC2=N1. The molecule has 1 aromatic heterocycles. The fourth-order valence-corrected chi connectivity index (χ4v) is 2.98. The molecule has 8 nitrogen and oxygen atoms in total. The van der Waals surface area contributed by atoms with E-state index in [1.807, 2.05) is 30.3 Å². The Morgan fingerprint density at radius 1 is 0.931 bits per heavy atom. The molecule has 0 saturated carbocycles. The second-order valence-electron chi connectivity index (χ2n) is 6.43. The number of aromatic nitrogens is 1. The Bertz CT molecular complexity index is 1130. The van der Waals surface area contributed by atoms with Crippen LogP contribution in [0, 0.1) is 5.92 Å². The monoisotopic (exact) mass is 387 g/mol. The van der Waals surface area contributed by atoms with Crippen LogP contribution in [-0.2, 0) is 9.59 Å². The fraction of sp³-hybridized carbons (Fsp3) is 0.143. The first kappa shape index (κ1) is 18.4. The highest BCUT2D eigenvalue weighted by Crippen LogP contribution is 2.16. The van der Waals surface area contributed by atoms with Gasteiger partial charge in [-0.3, -0.25) is 14.4 Å². The minimum absolute atomic E-state index is 0.162. The molecule has 0 fully saturated rings. The molecular weight excluding hydrogens is 370 g/mol. The third-order valence-electron chi connectivity index (χ3n) is 4.45. The van der Waals surface area contributed by atoms with Crippen LogP contribution in [0.3, 0.4) is 0 Å². The molecule has 144 valence electrons. The van der Waals surface area contributed by atoms with Crippen LogP contribution in [-0.4, -0.2) is 47.3 Å². The van der Waals surface area contributed by atoms with E-state index >= 15 is 0 Å². The number of pyridine rings is 1. The predicted molar refractivity (Wildman–Crippen MR) is 109 cm³/mol.